The van der Waals surface area contributed by atoms with E-state index in [-0.39, 0.29) is 12.3 Å². The van der Waals surface area contributed by atoms with Gasteiger partial charge in [0, 0.05) is 19.5 Å². The summed E-state index contributed by atoms with van der Waals surface area (Å²) >= 11 is 0. The summed E-state index contributed by atoms with van der Waals surface area (Å²) < 4.78 is 35.5. The van der Waals surface area contributed by atoms with E-state index in [4.69, 9.17) is 10.6 Å². The van der Waals surface area contributed by atoms with Gasteiger partial charge in [-0.05, 0) is 41.8 Å². The number of carbonyl (C=O) groups excluding carboxylic acids is 1. The third-order valence-corrected chi connectivity index (χ3v) is 7.52. The average Bonchev–Trinajstić information content (AvgIpc) is 3.14. The average molecular weight is 467 g/mol. The Balaban J connectivity index is 1.49. The van der Waals surface area contributed by atoms with Gasteiger partial charge < -0.3 is 15.5 Å². The molecule has 0 saturated carbocycles. The number of ether oxygens (including phenoxy) is 1. The van der Waals surface area contributed by atoms with E-state index in [0.29, 0.717) is 25.3 Å². The summed E-state index contributed by atoms with van der Waals surface area (Å²) in [6.07, 6.45) is 8.72. The number of likely N-dealkylation sites (tertiary alicyclic amines) is 1. The molecule has 3 N–H and O–H groups in total. The Labute approximate surface area is 193 Å². The first-order chi connectivity index (χ1) is 15.9. The third kappa shape index (κ3) is 4.99. The van der Waals surface area contributed by atoms with Crippen LogP contribution in [-0.2, 0) is 21.4 Å². The molecular weight excluding hydrogens is 440 g/mol. The highest BCUT2D eigenvalue weighted by Crippen LogP contribution is 2.31. The molecule has 33 heavy (non-hydrogen) atoms. The predicted molar refractivity (Wildman–Crippen MR) is 127 cm³/mol. The second-order valence-electron chi connectivity index (χ2n) is 7.96. The first-order valence-electron chi connectivity index (χ1n) is 10.6. The minimum absolute atomic E-state index is 0.133. The number of nitrogens with zero attached hydrogens (tertiary/aromatic N) is 2. The summed E-state index contributed by atoms with van der Waals surface area (Å²) in [5.74, 6) is 5.39. The SMILES string of the molecule is NN=Cc1cccc(CN2CC[C@H](NS(=O)(=O)C3(Oc4ccccc4)C=CC=CC3)C2=O)c1. The lowest BCUT2D eigenvalue weighted by molar-refractivity contribution is -0.129. The fourth-order valence-corrected chi connectivity index (χ4v) is 5.54. The first kappa shape index (κ1) is 22.8. The smallest absolute Gasteiger partial charge is 0.257 e. The molecule has 172 valence electrons. The van der Waals surface area contributed by atoms with Crippen LogP contribution in [0.25, 0.3) is 0 Å². The summed E-state index contributed by atoms with van der Waals surface area (Å²) in [6, 6.07) is 15.5. The highest BCUT2D eigenvalue weighted by Gasteiger charge is 2.47. The van der Waals surface area contributed by atoms with Gasteiger partial charge in [0.15, 0.2) is 0 Å². The van der Waals surface area contributed by atoms with Crippen molar-refractivity contribution in [3.05, 3.63) is 90.0 Å². The maximum absolute atomic E-state index is 13.5. The van der Waals surface area contributed by atoms with E-state index in [2.05, 4.69) is 9.82 Å². The monoisotopic (exact) mass is 466 g/mol. The van der Waals surface area contributed by atoms with Crippen LogP contribution in [0, 0.1) is 0 Å². The number of rotatable bonds is 8. The van der Waals surface area contributed by atoms with Gasteiger partial charge in [0.25, 0.3) is 10.0 Å². The van der Waals surface area contributed by atoms with Crippen molar-refractivity contribution in [1.29, 1.82) is 0 Å². The molecule has 1 saturated heterocycles. The summed E-state index contributed by atoms with van der Waals surface area (Å²) in [6.45, 7) is 0.821. The molecule has 1 aliphatic carbocycles. The molecule has 1 unspecified atom stereocenters. The van der Waals surface area contributed by atoms with E-state index in [9.17, 15) is 13.2 Å². The molecule has 1 fully saturated rings. The lowest BCUT2D eigenvalue weighted by Crippen LogP contribution is -2.53. The molecule has 0 spiro atoms. The highest BCUT2D eigenvalue weighted by molar-refractivity contribution is 7.91. The highest BCUT2D eigenvalue weighted by atomic mass is 32.2. The number of benzene rings is 2. The molecule has 2 aromatic rings. The van der Waals surface area contributed by atoms with Gasteiger partial charge >= 0.3 is 0 Å². The normalized spacial score (nSPS) is 22.8. The minimum Gasteiger partial charge on any atom is -0.466 e. The Morgan fingerprint density at radius 3 is 2.73 bits per heavy atom. The Kier molecular flexibility index (Phi) is 6.62. The number of sulfonamides is 1. The minimum atomic E-state index is -4.06. The second-order valence-corrected chi connectivity index (χ2v) is 9.90. The third-order valence-electron chi connectivity index (χ3n) is 5.63. The van der Waals surface area contributed by atoms with E-state index >= 15 is 0 Å². The molecule has 2 aromatic carbocycles. The zero-order valence-corrected chi connectivity index (χ0v) is 18.8. The molecule has 9 heteroatoms. The zero-order chi connectivity index (χ0) is 23.3. The van der Waals surface area contributed by atoms with Crippen molar-refractivity contribution >= 4 is 22.1 Å². The fraction of sp³-hybridized carbons (Fsp3) is 0.250. The van der Waals surface area contributed by atoms with Crippen molar-refractivity contribution in [2.24, 2.45) is 10.9 Å². The number of carbonyl (C=O) groups is 1. The molecule has 2 aliphatic rings. The second kappa shape index (κ2) is 9.60. The van der Waals surface area contributed by atoms with Gasteiger partial charge in [-0.2, -0.15) is 9.82 Å². The number of nitrogens with two attached hydrogens (primary N) is 1. The summed E-state index contributed by atoms with van der Waals surface area (Å²) in [7, 11) is -4.06. The van der Waals surface area contributed by atoms with Crippen LogP contribution in [0.1, 0.15) is 24.0 Å². The van der Waals surface area contributed by atoms with Crippen molar-refractivity contribution < 1.29 is 17.9 Å². The number of para-hydroxylation sites is 1. The van der Waals surface area contributed by atoms with E-state index < -0.39 is 21.0 Å². The van der Waals surface area contributed by atoms with Gasteiger partial charge in [-0.15, -0.1) is 0 Å². The van der Waals surface area contributed by atoms with Crippen LogP contribution in [0.15, 0.2) is 84.0 Å². The standard InChI is InChI=1S/C24H26N4O4S/c25-26-17-19-8-7-9-20(16-19)18-28-15-12-22(23(28)29)27-33(30,31)24(13-5-2-6-14-24)32-21-10-3-1-4-11-21/h1-11,13,16-17,22,27H,12,14-15,18,25H2/t22-,24?/m0/s1. The summed E-state index contributed by atoms with van der Waals surface area (Å²) in [5, 5.41) is 3.52. The van der Waals surface area contributed by atoms with Crippen LogP contribution in [-0.4, -0.2) is 43.0 Å². The molecule has 0 aromatic heterocycles. The van der Waals surface area contributed by atoms with E-state index in [0.717, 1.165) is 11.1 Å². The number of allylic oxidation sites excluding steroid dienone is 2. The molecule has 1 aliphatic heterocycles. The molecule has 0 radical (unpaired) electrons. The number of hydrogen-bond donors (Lipinski definition) is 2. The fourth-order valence-electron chi connectivity index (χ4n) is 3.97. The van der Waals surface area contributed by atoms with Crippen molar-refractivity contribution in [1.82, 2.24) is 9.62 Å². The maximum Gasteiger partial charge on any atom is 0.257 e. The number of hydrazone groups is 1. The molecule has 1 amide bonds. The van der Waals surface area contributed by atoms with Crippen LogP contribution in [0.4, 0.5) is 0 Å². The summed E-state index contributed by atoms with van der Waals surface area (Å²) in [4.78, 5) is 13.0. The lowest BCUT2D eigenvalue weighted by Gasteiger charge is -2.32. The van der Waals surface area contributed by atoms with Gasteiger partial charge in [0.2, 0.25) is 10.8 Å². The molecule has 2 atom stereocenters. The molecule has 8 nitrogen and oxygen atoms in total. The Morgan fingerprint density at radius 1 is 1.18 bits per heavy atom. The van der Waals surface area contributed by atoms with Gasteiger partial charge in [-0.1, -0.05) is 54.6 Å². The topological polar surface area (TPSA) is 114 Å². The van der Waals surface area contributed by atoms with E-state index in [1.807, 2.05) is 30.3 Å². The largest absolute Gasteiger partial charge is 0.466 e. The predicted octanol–water partition coefficient (Wildman–Crippen LogP) is 2.29. The van der Waals surface area contributed by atoms with Gasteiger partial charge in [-0.25, -0.2) is 8.42 Å². The van der Waals surface area contributed by atoms with Crippen molar-refractivity contribution in [2.45, 2.75) is 30.4 Å². The Hall–Kier alpha value is -3.43. The van der Waals surface area contributed by atoms with Crippen LogP contribution in [0.3, 0.4) is 0 Å². The number of hydrogen-bond acceptors (Lipinski definition) is 6. The molecular formula is C24H26N4O4S. The van der Waals surface area contributed by atoms with Crippen LogP contribution < -0.4 is 15.3 Å². The first-order valence-corrected chi connectivity index (χ1v) is 12.1. The van der Waals surface area contributed by atoms with Crippen LogP contribution in [0.5, 0.6) is 5.75 Å². The van der Waals surface area contributed by atoms with Crippen LogP contribution in [0.2, 0.25) is 0 Å². The number of amides is 1. The Bertz CT molecular complexity index is 1190. The Morgan fingerprint density at radius 2 is 2.00 bits per heavy atom. The molecule has 1 heterocycles. The summed E-state index contributed by atoms with van der Waals surface area (Å²) in [5.41, 5.74) is 1.74. The van der Waals surface area contributed by atoms with Gasteiger partial charge in [0.05, 0.1) is 6.21 Å². The van der Waals surface area contributed by atoms with E-state index in [1.54, 1.807) is 47.4 Å². The van der Waals surface area contributed by atoms with Crippen LogP contribution >= 0.6 is 0 Å². The number of nitrogens with one attached hydrogen (secondary N) is 1. The van der Waals surface area contributed by atoms with E-state index in [1.165, 1.54) is 12.3 Å². The van der Waals surface area contributed by atoms with Crippen molar-refractivity contribution in [3.8, 4) is 5.75 Å². The zero-order valence-electron chi connectivity index (χ0n) is 18.0. The van der Waals surface area contributed by atoms with Crippen molar-refractivity contribution in [3.63, 3.8) is 0 Å². The van der Waals surface area contributed by atoms with Gasteiger partial charge in [0.1, 0.15) is 11.8 Å². The van der Waals surface area contributed by atoms with Gasteiger partial charge in [-0.3, -0.25) is 4.79 Å². The molecule has 4 rings (SSSR count). The lowest BCUT2D eigenvalue weighted by atomic mass is 10.1. The van der Waals surface area contributed by atoms with Crippen molar-refractivity contribution in [2.75, 3.05) is 6.54 Å². The quantitative estimate of drug-likeness (QED) is 0.352. The molecule has 0 bridgehead atoms. The maximum atomic E-state index is 13.5.